The third-order valence-electron chi connectivity index (χ3n) is 2.02. The summed E-state index contributed by atoms with van der Waals surface area (Å²) in [6.45, 7) is 0. The van der Waals surface area contributed by atoms with Crippen LogP contribution in [0, 0.1) is 3.57 Å². The van der Waals surface area contributed by atoms with Gasteiger partial charge in [0.05, 0.1) is 11.4 Å². The summed E-state index contributed by atoms with van der Waals surface area (Å²) in [5.74, 6) is 0.655. The quantitative estimate of drug-likeness (QED) is 0.817. The molecule has 0 spiro atoms. The number of nitrogens with one attached hydrogen (secondary N) is 1. The first-order valence-electron chi connectivity index (χ1n) is 4.59. The molecule has 0 saturated heterocycles. The van der Waals surface area contributed by atoms with E-state index >= 15 is 0 Å². The Hall–Kier alpha value is -1.01. The molecule has 0 fully saturated rings. The number of halogens is 2. The minimum absolute atomic E-state index is 0.619. The molecule has 3 nitrogen and oxygen atoms in total. The van der Waals surface area contributed by atoms with Gasteiger partial charge in [-0.2, -0.15) is 0 Å². The van der Waals surface area contributed by atoms with E-state index in [-0.39, 0.29) is 0 Å². The first-order chi connectivity index (χ1) is 7.66. The predicted octanol–water partition coefficient (Wildman–Crippen LogP) is 3.67. The van der Waals surface area contributed by atoms with Crippen LogP contribution in [0.25, 0.3) is 0 Å². The Labute approximate surface area is 112 Å². The molecule has 3 N–H and O–H groups in total. The first-order valence-corrected chi connectivity index (χ1v) is 6.05. The summed E-state index contributed by atoms with van der Waals surface area (Å²) in [6.07, 6.45) is 1.70. The molecule has 0 aliphatic rings. The number of aromatic nitrogens is 1. The van der Waals surface area contributed by atoms with E-state index in [1.807, 2.05) is 18.2 Å². The molecule has 1 heterocycles. The summed E-state index contributed by atoms with van der Waals surface area (Å²) in [5.41, 5.74) is 7.35. The Balaban J connectivity index is 2.31. The fourth-order valence-electron chi connectivity index (χ4n) is 1.24. The molecule has 1 aromatic heterocycles. The van der Waals surface area contributed by atoms with Crippen LogP contribution in [-0.4, -0.2) is 4.98 Å². The van der Waals surface area contributed by atoms with E-state index in [9.17, 15) is 0 Å². The van der Waals surface area contributed by atoms with Crippen LogP contribution in [-0.2, 0) is 0 Å². The highest BCUT2D eigenvalue weighted by atomic mass is 127. The van der Waals surface area contributed by atoms with Gasteiger partial charge in [-0.25, -0.2) is 4.98 Å². The molecule has 0 unspecified atom stereocenters. The highest BCUT2D eigenvalue weighted by Gasteiger charge is 2.03. The Morgan fingerprint density at radius 1 is 1.31 bits per heavy atom. The van der Waals surface area contributed by atoms with E-state index in [0.29, 0.717) is 16.5 Å². The van der Waals surface area contributed by atoms with Crippen LogP contribution >= 0.6 is 34.2 Å². The van der Waals surface area contributed by atoms with Crippen molar-refractivity contribution in [1.82, 2.24) is 4.98 Å². The van der Waals surface area contributed by atoms with Gasteiger partial charge < -0.3 is 11.1 Å². The van der Waals surface area contributed by atoms with Crippen molar-refractivity contribution < 1.29 is 0 Å². The van der Waals surface area contributed by atoms with E-state index in [0.717, 1.165) is 9.26 Å². The van der Waals surface area contributed by atoms with Crippen molar-refractivity contribution in [2.75, 3.05) is 11.1 Å². The fraction of sp³-hybridized carbons (Fsp3) is 0. The lowest BCUT2D eigenvalue weighted by molar-refractivity contribution is 1.31. The van der Waals surface area contributed by atoms with Crippen LogP contribution in [0.4, 0.5) is 17.2 Å². The van der Waals surface area contributed by atoms with Crippen LogP contribution in [0.2, 0.25) is 5.02 Å². The zero-order valence-corrected chi connectivity index (χ0v) is 11.2. The van der Waals surface area contributed by atoms with Gasteiger partial charge in [-0.3, -0.25) is 0 Å². The van der Waals surface area contributed by atoms with Gasteiger partial charge >= 0.3 is 0 Å². The minimum atomic E-state index is 0.619. The van der Waals surface area contributed by atoms with Gasteiger partial charge in [-0.1, -0.05) is 11.6 Å². The van der Waals surface area contributed by atoms with Gasteiger partial charge in [-0.05, 0) is 52.9 Å². The van der Waals surface area contributed by atoms with Crippen molar-refractivity contribution in [1.29, 1.82) is 0 Å². The Bertz CT molecular complexity index is 516. The van der Waals surface area contributed by atoms with Crippen LogP contribution in [0.1, 0.15) is 0 Å². The van der Waals surface area contributed by atoms with Crippen molar-refractivity contribution in [2.45, 2.75) is 0 Å². The summed E-state index contributed by atoms with van der Waals surface area (Å²) in [7, 11) is 0. The Morgan fingerprint density at radius 2 is 2.12 bits per heavy atom. The van der Waals surface area contributed by atoms with E-state index in [4.69, 9.17) is 17.3 Å². The van der Waals surface area contributed by atoms with Gasteiger partial charge in [0.15, 0.2) is 5.82 Å². The molecular formula is C11H9ClIN3. The summed E-state index contributed by atoms with van der Waals surface area (Å²) >= 11 is 8.09. The molecule has 0 saturated carbocycles. The minimum Gasteiger partial charge on any atom is -0.396 e. The molecule has 2 rings (SSSR count). The molecular weight excluding hydrogens is 336 g/mol. The second kappa shape index (κ2) is 4.88. The summed E-state index contributed by atoms with van der Waals surface area (Å²) in [5, 5.41) is 3.88. The molecule has 5 heteroatoms. The molecule has 82 valence electrons. The second-order valence-electron chi connectivity index (χ2n) is 3.19. The average molecular weight is 346 g/mol. The van der Waals surface area contributed by atoms with Gasteiger partial charge in [0.2, 0.25) is 0 Å². The standard InChI is InChI=1S/C11H9ClIN3/c12-7-3-4-10(8(13)6-7)16-11-9(14)2-1-5-15-11/h1-6H,14H2,(H,15,16). The lowest BCUT2D eigenvalue weighted by atomic mass is 10.3. The molecule has 0 atom stereocenters. The molecule has 2 aromatic rings. The predicted molar refractivity (Wildman–Crippen MR) is 76.1 cm³/mol. The van der Waals surface area contributed by atoms with Gasteiger partial charge in [0.25, 0.3) is 0 Å². The van der Waals surface area contributed by atoms with E-state index in [2.05, 4.69) is 32.9 Å². The van der Waals surface area contributed by atoms with Crippen LogP contribution in [0.3, 0.4) is 0 Å². The van der Waals surface area contributed by atoms with Gasteiger partial charge in [0.1, 0.15) is 0 Å². The maximum atomic E-state index is 5.88. The first kappa shape index (κ1) is 11.5. The number of pyridine rings is 1. The van der Waals surface area contributed by atoms with E-state index < -0.39 is 0 Å². The number of benzene rings is 1. The Kier molecular flexibility index (Phi) is 3.50. The second-order valence-corrected chi connectivity index (χ2v) is 4.79. The zero-order chi connectivity index (χ0) is 11.5. The van der Waals surface area contributed by atoms with Gasteiger partial charge in [-0.15, -0.1) is 0 Å². The molecule has 0 radical (unpaired) electrons. The normalized spacial score (nSPS) is 10.1. The SMILES string of the molecule is Nc1cccnc1Nc1ccc(Cl)cc1I. The van der Waals surface area contributed by atoms with E-state index in [1.165, 1.54) is 0 Å². The lowest BCUT2D eigenvalue weighted by Gasteiger charge is -2.09. The summed E-state index contributed by atoms with van der Waals surface area (Å²) in [6, 6.07) is 9.21. The van der Waals surface area contributed by atoms with Crippen molar-refractivity contribution in [2.24, 2.45) is 0 Å². The van der Waals surface area contributed by atoms with Crippen LogP contribution in [0.5, 0.6) is 0 Å². The molecule has 0 aliphatic heterocycles. The molecule has 16 heavy (non-hydrogen) atoms. The van der Waals surface area contributed by atoms with Crippen LogP contribution < -0.4 is 11.1 Å². The monoisotopic (exact) mass is 345 g/mol. The number of rotatable bonds is 2. The summed E-state index contributed by atoms with van der Waals surface area (Å²) in [4.78, 5) is 4.16. The molecule has 0 amide bonds. The van der Waals surface area contributed by atoms with Crippen LogP contribution in [0.15, 0.2) is 36.5 Å². The lowest BCUT2D eigenvalue weighted by Crippen LogP contribution is -1.99. The smallest absolute Gasteiger partial charge is 0.153 e. The maximum Gasteiger partial charge on any atom is 0.153 e. The van der Waals surface area contributed by atoms with Crippen molar-refractivity contribution in [3.63, 3.8) is 0 Å². The average Bonchev–Trinajstić information content (AvgIpc) is 2.25. The van der Waals surface area contributed by atoms with Crippen molar-refractivity contribution >= 4 is 51.4 Å². The van der Waals surface area contributed by atoms with Crippen molar-refractivity contribution in [3.05, 3.63) is 45.1 Å². The highest BCUT2D eigenvalue weighted by molar-refractivity contribution is 14.1. The Morgan fingerprint density at radius 3 is 2.81 bits per heavy atom. The number of anilines is 3. The number of hydrogen-bond acceptors (Lipinski definition) is 3. The summed E-state index contributed by atoms with van der Waals surface area (Å²) < 4.78 is 1.02. The topological polar surface area (TPSA) is 50.9 Å². The highest BCUT2D eigenvalue weighted by Crippen LogP contribution is 2.26. The van der Waals surface area contributed by atoms with E-state index in [1.54, 1.807) is 18.3 Å². The number of nitrogens with two attached hydrogens (primary N) is 1. The fourth-order valence-corrected chi connectivity index (χ4v) is 2.25. The zero-order valence-electron chi connectivity index (χ0n) is 8.24. The largest absolute Gasteiger partial charge is 0.396 e. The van der Waals surface area contributed by atoms with Crippen molar-refractivity contribution in [3.8, 4) is 0 Å². The number of nitrogen functional groups attached to an aromatic ring is 1. The third-order valence-corrected chi connectivity index (χ3v) is 3.15. The maximum absolute atomic E-state index is 5.88. The molecule has 0 aliphatic carbocycles. The molecule has 0 bridgehead atoms. The third kappa shape index (κ3) is 2.56. The van der Waals surface area contributed by atoms with Gasteiger partial charge in [0, 0.05) is 14.8 Å². The molecule has 1 aromatic carbocycles. The number of nitrogens with zero attached hydrogens (tertiary/aromatic N) is 1. The number of hydrogen-bond donors (Lipinski definition) is 2.